The van der Waals surface area contributed by atoms with E-state index in [1.807, 2.05) is 0 Å². The molecule has 0 aliphatic rings. The van der Waals surface area contributed by atoms with Crippen molar-refractivity contribution in [3.63, 3.8) is 0 Å². The van der Waals surface area contributed by atoms with Crippen LogP contribution in [-0.2, 0) is 17.4 Å². The van der Waals surface area contributed by atoms with Crippen LogP contribution in [0.2, 0.25) is 0 Å². The SMILES string of the molecule is NC(Cc1cc(C(F)(F)F)cs1)C(=O)O. The average molecular weight is 239 g/mol. The Bertz CT molecular complexity index is 361. The van der Waals surface area contributed by atoms with E-state index >= 15 is 0 Å². The van der Waals surface area contributed by atoms with E-state index in [2.05, 4.69) is 0 Å². The summed E-state index contributed by atoms with van der Waals surface area (Å²) in [6.07, 6.45) is -4.47. The van der Waals surface area contributed by atoms with E-state index in [0.717, 1.165) is 22.8 Å². The van der Waals surface area contributed by atoms with Crippen molar-refractivity contribution < 1.29 is 23.1 Å². The van der Waals surface area contributed by atoms with Gasteiger partial charge in [0.05, 0.1) is 5.56 Å². The Labute approximate surface area is 87.3 Å². The number of hydrogen-bond donors (Lipinski definition) is 2. The molecule has 0 aliphatic carbocycles. The molecule has 84 valence electrons. The zero-order valence-electron chi connectivity index (χ0n) is 7.41. The number of carbonyl (C=O) groups is 1. The van der Waals surface area contributed by atoms with Crippen LogP contribution in [0, 0.1) is 0 Å². The molecule has 0 aliphatic heterocycles. The maximum absolute atomic E-state index is 12.2. The minimum Gasteiger partial charge on any atom is -0.480 e. The molecule has 7 heteroatoms. The molecule has 1 aromatic rings. The van der Waals surface area contributed by atoms with Crippen LogP contribution < -0.4 is 5.73 Å². The predicted molar refractivity (Wildman–Crippen MR) is 48.6 cm³/mol. The van der Waals surface area contributed by atoms with Crippen LogP contribution in [0.3, 0.4) is 0 Å². The fraction of sp³-hybridized carbons (Fsp3) is 0.375. The maximum Gasteiger partial charge on any atom is 0.417 e. The zero-order valence-corrected chi connectivity index (χ0v) is 8.23. The molecule has 0 radical (unpaired) electrons. The lowest BCUT2D eigenvalue weighted by Crippen LogP contribution is -2.31. The first-order valence-electron chi connectivity index (χ1n) is 3.93. The van der Waals surface area contributed by atoms with Crippen LogP contribution in [0.5, 0.6) is 0 Å². The quantitative estimate of drug-likeness (QED) is 0.844. The zero-order chi connectivity index (χ0) is 11.6. The normalized spacial score (nSPS) is 13.9. The van der Waals surface area contributed by atoms with Gasteiger partial charge in [0.2, 0.25) is 0 Å². The number of carboxylic acids is 1. The van der Waals surface area contributed by atoms with Gasteiger partial charge >= 0.3 is 12.1 Å². The molecule has 0 spiro atoms. The first kappa shape index (κ1) is 12.0. The third kappa shape index (κ3) is 3.21. The second-order valence-electron chi connectivity index (χ2n) is 2.95. The predicted octanol–water partition coefficient (Wildman–Crippen LogP) is 1.72. The Hall–Kier alpha value is -1.08. The first-order valence-corrected chi connectivity index (χ1v) is 4.81. The number of aliphatic carboxylic acids is 1. The summed E-state index contributed by atoms with van der Waals surface area (Å²) in [6, 6.07) is -0.238. The van der Waals surface area contributed by atoms with Gasteiger partial charge in [0, 0.05) is 16.7 Å². The van der Waals surface area contributed by atoms with Gasteiger partial charge in [-0.3, -0.25) is 4.79 Å². The van der Waals surface area contributed by atoms with Gasteiger partial charge in [-0.15, -0.1) is 11.3 Å². The second kappa shape index (κ2) is 4.19. The first-order chi connectivity index (χ1) is 6.80. The summed E-state index contributed by atoms with van der Waals surface area (Å²) < 4.78 is 36.5. The fourth-order valence-corrected chi connectivity index (χ4v) is 1.89. The molecule has 0 aromatic carbocycles. The molecule has 0 saturated heterocycles. The summed E-state index contributed by atoms with van der Waals surface area (Å²) >= 11 is 0.859. The number of nitrogens with two attached hydrogens (primary N) is 1. The monoisotopic (exact) mass is 239 g/mol. The van der Waals surface area contributed by atoms with E-state index in [9.17, 15) is 18.0 Å². The summed E-state index contributed by atoms with van der Waals surface area (Å²) in [5.74, 6) is -1.23. The number of carboxylic acid groups (broad SMARTS) is 1. The van der Waals surface area contributed by atoms with Gasteiger partial charge in [-0.1, -0.05) is 0 Å². The van der Waals surface area contributed by atoms with Gasteiger partial charge in [0.1, 0.15) is 6.04 Å². The van der Waals surface area contributed by atoms with Gasteiger partial charge < -0.3 is 10.8 Å². The van der Waals surface area contributed by atoms with Crippen molar-refractivity contribution in [1.29, 1.82) is 0 Å². The molecular formula is C8H8F3NO2S. The molecule has 0 amide bonds. The van der Waals surface area contributed by atoms with Crippen molar-refractivity contribution in [2.75, 3.05) is 0 Å². The molecule has 3 nitrogen and oxygen atoms in total. The van der Waals surface area contributed by atoms with Gasteiger partial charge in [0.15, 0.2) is 0 Å². The molecule has 1 heterocycles. The van der Waals surface area contributed by atoms with Gasteiger partial charge in [-0.25, -0.2) is 0 Å². The highest BCUT2D eigenvalue weighted by molar-refractivity contribution is 7.10. The number of halogens is 3. The Morgan fingerprint density at radius 3 is 2.60 bits per heavy atom. The van der Waals surface area contributed by atoms with E-state index in [1.165, 1.54) is 0 Å². The van der Waals surface area contributed by atoms with Crippen molar-refractivity contribution in [2.45, 2.75) is 18.6 Å². The number of rotatable bonds is 3. The molecule has 0 saturated carbocycles. The van der Waals surface area contributed by atoms with Crippen LogP contribution in [0.4, 0.5) is 13.2 Å². The maximum atomic E-state index is 12.2. The summed E-state index contributed by atoms with van der Waals surface area (Å²) in [5, 5.41) is 9.42. The van der Waals surface area contributed by atoms with Crippen LogP contribution in [0.25, 0.3) is 0 Å². The van der Waals surface area contributed by atoms with Crippen molar-refractivity contribution in [1.82, 2.24) is 0 Å². The van der Waals surface area contributed by atoms with E-state index in [-0.39, 0.29) is 6.42 Å². The largest absolute Gasteiger partial charge is 0.480 e. The molecule has 0 bridgehead atoms. The Kier molecular flexibility index (Phi) is 3.35. The molecular weight excluding hydrogens is 231 g/mol. The second-order valence-corrected chi connectivity index (χ2v) is 3.94. The van der Waals surface area contributed by atoms with Crippen LogP contribution in [0.1, 0.15) is 10.4 Å². The van der Waals surface area contributed by atoms with E-state index in [1.54, 1.807) is 0 Å². The molecule has 1 rings (SSSR count). The molecule has 1 unspecified atom stereocenters. The van der Waals surface area contributed by atoms with Crippen LogP contribution in [-0.4, -0.2) is 17.1 Å². The Morgan fingerprint density at radius 1 is 1.60 bits per heavy atom. The van der Waals surface area contributed by atoms with Crippen molar-refractivity contribution in [2.24, 2.45) is 5.73 Å². The number of hydrogen-bond acceptors (Lipinski definition) is 3. The molecule has 0 fully saturated rings. The van der Waals surface area contributed by atoms with Crippen molar-refractivity contribution >= 4 is 17.3 Å². The molecule has 15 heavy (non-hydrogen) atoms. The summed E-state index contributed by atoms with van der Waals surface area (Å²) in [5.41, 5.74) is 4.43. The fourth-order valence-electron chi connectivity index (χ4n) is 0.940. The Balaban J connectivity index is 2.73. The lowest BCUT2D eigenvalue weighted by molar-refractivity contribution is -0.138. The minimum atomic E-state index is -4.39. The van der Waals surface area contributed by atoms with Crippen molar-refractivity contribution in [3.8, 4) is 0 Å². The molecule has 1 aromatic heterocycles. The average Bonchev–Trinajstić information content (AvgIpc) is 2.51. The lowest BCUT2D eigenvalue weighted by atomic mass is 10.2. The highest BCUT2D eigenvalue weighted by atomic mass is 32.1. The number of alkyl halides is 3. The van der Waals surface area contributed by atoms with E-state index < -0.39 is 23.8 Å². The highest BCUT2D eigenvalue weighted by Crippen LogP contribution is 2.32. The highest BCUT2D eigenvalue weighted by Gasteiger charge is 2.31. The van der Waals surface area contributed by atoms with Gasteiger partial charge in [-0.2, -0.15) is 13.2 Å². The summed E-state index contributed by atoms with van der Waals surface area (Å²) in [6.45, 7) is 0. The van der Waals surface area contributed by atoms with E-state index in [4.69, 9.17) is 10.8 Å². The lowest BCUT2D eigenvalue weighted by Gasteiger charge is -2.03. The summed E-state index contributed by atoms with van der Waals surface area (Å²) in [4.78, 5) is 10.7. The van der Waals surface area contributed by atoms with Crippen LogP contribution >= 0.6 is 11.3 Å². The third-order valence-electron chi connectivity index (χ3n) is 1.72. The van der Waals surface area contributed by atoms with Gasteiger partial charge in [-0.05, 0) is 6.07 Å². The number of thiophene rings is 1. The molecule has 1 atom stereocenters. The summed E-state index contributed by atoms with van der Waals surface area (Å²) in [7, 11) is 0. The minimum absolute atomic E-state index is 0.0872. The van der Waals surface area contributed by atoms with Gasteiger partial charge in [0.25, 0.3) is 0 Å². The smallest absolute Gasteiger partial charge is 0.417 e. The Morgan fingerprint density at radius 2 is 2.20 bits per heavy atom. The van der Waals surface area contributed by atoms with Crippen molar-refractivity contribution in [3.05, 3.63) is 21.9 Å². The molecule has 3 N–H and O–H groups in total. The third-order valence-corrected chi connectivity index (χ3v) is 2.68. The topological polar surface area (TPSA) is 63.3 Å². The standard InChI is InChI=1S/C8H8F3NO2S/c9-8(10,11)4-1-5(15-3-4)2-6(12)7(13)14/h1,3,6H,2,12H2,(H,13,14). The van der Waals surface area contributed by atoms with E-state index in [0.29, 0.717) is 4.88 Å². The van der Waals surface area contributed by atoms with Crippen LogP contribution in [0.15, 0.2) is 11.4 Å².